The quantitative estimate of drug-likeness (QED) is 0.407. The number of hydrogen-bond acceptors (Lipinski definition) is 5. The summed E-state index contributed by atoms with van der Waals surface area (Å²) in [6.45, 7) is 8.36. The molecule has 0 aliphatic heterocycles. The van der Waals surface area contributed by atoms with Gasteiger partial charge in [0.25, 0.3) is 0 Å². The number of aromatic nitrogens is 3. The molecule has 0 bridgehead atoms. The zero-order valence-corrected chi connectivity index (χ0v) is 19.1. The van der Waals surface area contributed by atoms with Crippen LogP contribution >= 0.6 is 0 Å². The Labute approximate surface area is 180 Å². The van der Waals surface area contributed by atoms with E-state index in [1.54, 1.807) is 0 Å². The molecule has 2 heterocycles. The first kappa shape index (κ1) is 22.5. The molecule has 1 aromatic carbocycles. The molecule has 3 aromatic rings. The van der Waals surface area contributed by atoms with Crippen LogP contribution in [0.25, 0.3) is 21.9 Å². The average Bonchev–Trinajstić information content (AvgIpc) is 3.17. The predicted octanol–water partition coefficient (Wildman–Crippen LogP) is 4.42. The van der Waals surface area contributed by atoms with E-state index in [2.05, 4.69) is 60.9 Å². The van der Waals surface area contributed by atoms with Gasteiger partial charge in [0, 0.05) is 23.9 Å². The Hall–Kier alpha value is -2.18. The van der Waals surface area contributed by atoms with Gasteiger partial charge in [0.2, 0.25) is 0 Å². The highest BCUT2D eigenvalue weighted by Gasteiger charge is 2.20. The molecule has 5 N–H and O–H groups in total. The molecule has 3 rings (SSSR count). The molecular weight excluding hydrogens is 372 g/mol. The van der Waals surface area contributed by atoms with Crippen molar-refractivity contribution in [2.75, 3.05) is 25.9 Å². The number of nitrogen functional groups attached to an aromatic ring is 1. The number of benzene rings is 1. The third kappa shape index (κ3) is 5.10. The van der Waals surface area contributed by atoms with Crippen LogP contribution in [0.4, 0.5) is 5.82 Å². The lowest BCUT2D eigenvalue weighted by Gasteiger charge is -2.34. The molecule has 0 aliphatic carbocycles. The van der Waals surface area contributed by atoms with Crippen molar-refractivity contribution in [1.82, 2.24) is 19.9 Å². The van der Waals surface area contributed by atoms with Gasteiger partial charge in [0.05, 0.1) is 5.52 Å². The van der Waals surface area contributed by atoms with Gasteiger partial charge in [0.1, 0.15) is 22.7 Å². The molecular formula is C24H38N6. The van der Waals surface area contributed by atoms with E-state index in [0.29, 0.717) is 12.4 Å². The van der Waals surface area contributed by atoms with Gasteiger partial charge in [-0.15, -0.1) is 0 Å². The van der Waals surface area contributed by atoms with Crippen LogP contribution in [0.1, 0.15) is 64.3 Å². The number of nitrogens with two attached hydrogens (primary N) is 2. The molecule has 0 saturated carbocycles. The second-order valence-corrected chi connectivity index (χ2v) is 9.11. The standard InChI is InChI=1S/C24H38N6/c1-5-6-11-20-28-21-18-15-17(12-13-19(18)27-23(26)22(21)29-20)10-8-7-9-14-30(4)24(2,3)16-25/h12-13,15H,5-11,14,16,25H2,1-4H3,(H2,26,27)(H,28,29). The van der Waals surface area contributed by atoms with E-state index < -0.39 is 0 Å². The highest BCUT2D eigenvalue weighted by atomic mass is 15.2. The number of H-pyrrole nitrogens is 1. The maximum absolute atomic E-state index is 6.19. The van der Waals surface area contributed by atoms with E-state index in [-0.39, 0.29) is 5.54 Å². The Morgan fingerprint density at radius 3 is 2.60 bits per heavy atom. The molecule has 30 heavy (non-hydrogen) atoms. The summed E-state index contributed by atoms with van der Waals surface area (Å²) >= 11 is 0. The molecule has 0 saturated heterocycles. The number of hydrogen-bond donors (Lipinski definition) is 3. The second-order valence-electron chi connectivity index (χ2n) is 9.11. The Bertz CT molecular complexity index is 975. The van der Waals surface area contributed by atoms with Crippen LogP contribution < -0.4 is 11.5 Å². The fourth-order valence-electron chi connectivity index (χ4n) is 3.79. The predicted molar refractivity (Wildman–Crippen MR) is 128 cm³/mol. The number of nitrogens with one attached hydrogen (secondary N) is 1. The number of pyridine rings is 1. The summed E-state index contributed by atoms with van der Waals surface area (Å²) in [6.07, 6.45) is 7.86. The molecule has 6 nitrogen and oxygen atoms in total. The number of imidazole rings is 1. The molecule has 0 atom stereocenters. The van der Waals surface area contributed by atoms with E-state index in [0.717, 1.165) is 60.0 Å². The van der Waals surface area contributed by atoms with E-state index in [9.17, 15) is 0 Å². The van der Waals surface area contributed by atoms with Crippen LogP contribution in [0, 0.1) is 0 Å². The summed E-state index contributed by atoms with van der Waals surface area (Å²) in [5.74, 6) is 1.53. The maximum atomic E-state index is 6.19. The highest BCUT2D eigenvalue weighted by molar-refractivity contribution is 6.06. The minimum atomic E-state index is 0.0676. The SMILES string of the molecule is CCCCc1nc2c([nH]1)c(N)nc1ccc(CCCCCN(C)C(C)(C)CN)cc12. The fraction of sp³-hybridized carbons (Fsp3) is 0.583. The lowest BCUT2D eigenvalue weighted by molar-refractivity contribution is 0.161. The third-order valence-corrected chi connectivity index (χ3v) is 6.32. The van der Waals surface area contributed by atoms with Gasteiger partial charge >= 0.3 is 0 Å². The van der Waals surface area contributed by atoms with Gasteiger partial charge in [0.15, 0.2) is 0 Å². The number of likely N-dealkylation sites (N-methyl/N-ethyl adjacent to an activating group) is 1. The van der Waals surface area contributed by atoms with Gasteiger partial charge in [-0.05, 0) is 70.8 Å². The minimum Gasteiger partial charge on any atom is -0.382 e. The highest BCUT2D eigenvalue weighted by Crippen LogP contribution is 2.28. The summed E-state index contributed by atoms with van der Waals surface area (Å²) in [7, 11) is 2.17. The van der Waals surface area contributed by atoms with Crippen molar-refractivity contribution in [3.8, 4) is 0 Å². The van der Waals surface area contributed by atoms with Crippen molar-refractivity contribution in [1.29, 1.82) is 0 Å². The van der Waals surface area contributed by atoms with Crippen molar-refractivity contribution in [3.05, 3.63) is 29.6 Å². The number of aryl methyl sites for hydroxylation is 2. The Morgan fingerprint density at radius 1 is 1.07 bits per heavy atom. The molecule has 0 spiro atoms. The van der Waals surface area contributed by atoms with Crippen molar-refractivity contribution >= 4 is 27.8 Å². The zero-order valence-electron chi connectivity index (χ0n) is 19.1. The summed E-state index contributed by atoms with van der Waals surface area (Å²) in [4.78, 5) is 15.2. The topological polar surface area (TPSA) is 96.8 Å². The molecule has 0 fully saturated rings. The molecule has 6 heteroatoms. The van der Waals surface area contributed by atoms with Gasteiger partial charge in [-0.3, -0.25) is 4.90 Å². The number of rotatable bonds is 11. The molecule has 0 unspecified atom stereocenters. The van der Waals surface area contributed by atoms with Crippen molar-refractivity contribution in [2.24, 2.45) is 5.73 Å². The number of nitrogens with zero attached hydrogens (tertiary/aromatic N) is 3. The minimum absolute atomic E-state index is 0.0676. The number of unbranched alkanes of at least 4 members (excludes halogenated alkanes) is 3. The Balaban J connectivity index is 1.66. The smallest absolute Gasteiger partial charge is 0.150 e. The van der Waals surface area contributed by atoms with Crippen LogP contribution in [-0.4, -0.2) is 45.5 Å². The van der Waals surface area contributed by atoms with E-state index >= 15 is 0 Å². The van der Waals surface area contributed by atoms with Gasteiger partial charge in [-0.1, -0.05) is 25.8 Å². The summed E-state index contributed by atoms with van der Waals surface area (Å²) in [5, 5.41) is 1.10. The van der Waals surface area contributed by atoms with Crippen molar-refractivity contribution in [2.45, 2.75) is 71.3 Å². The maximum Gasteiger partial charge on any atom is 0.150 e. The van der Waals surface area contributed by atoms with Crippen LogP contribution in [0.15, 0.2) is 18.2 Å². The van der Waals surface area contributed by atoms with Crippen LogP contribution in [0.3, 0.4) is 0 Å². The largest absolute Gasteiger partial charge is 0.382 e. The first-order chi connectivity index (χ1) is 14.4. The van der Waals surface area contributed by atoms with Gasteiger partial charge < -0.3 is 16.5 Å². The summed E-state index contributed by atoms with van der Waals surface area (Å²) in [6, 6.07) is 6.51. The Morgan fingerprint density at radius 2 is 1.87 bits per heavy atom. The first-order valence-electron chi connectivity index (χ1n) is 11.3. The summed E-state index contributed by atoms with van der Waals surface area (Å²) in [5.41, 5.74) is 16.2. The first-order valence-corrected chi connectivity index (χ1v) is 11.3. The molecule has 0 radical (unpaired) electrons. The normalized spacial score (nSPS) is 12.5. The van der Waals surface area contributed by atoms with Crippen molar-refractivity contribution in [3.63, 3.8) is 0 Å². The number of fused-ring (bicyclic) bond motifs is 3. The second kappa shape index (κ2) is 9.75. The van der Waals surface area contributed by atoms with Crippen molar-refractivity contribution < 1.29 is 0 Å². The van der Waals surface area contributed by atoms with Gasteiger partial charge in [-0.2, -0.15) is 0 Å². The third-order valence-electron chi connectivity index (χ3n) is 6.32. The van der Waals surface area contributed by atoms with E-state index in [1.807, 2.05) is 0 Å². The lowest BCUT2D eigenvalue weighted by atomic mass is 10.0. The number of aromatic amines is 1. The van der Waals surface area contributed by atoms with E-state index in [1.165, 1.54) is 24.8 Å². The summed E-state index contributed by atoms with van der Waals surface area (Å²) < 4.78 is 0. The monoisotopic (exact) mass is 410 g/mol. The fourth-order valence-corrected chi connectivity index (χ4v) is 3.79. The molecule has 0 amide bonds. The van der Waals surface area contributed by atoms with E-state index in [4.69, 9.17) is 16.5 Å². The molecule has 0 aliphatic rings. The molecule has 164 valence electrons. The number of anilines is 1. The lowest BCUT2D eigenvalue weighted by Crippen LogP contribution is -2.47. The molecule has 2 aromatic heterocycles. The van der Waals surface area contributed by atoms with Crippen LogP contribution in [-0.2, 0) is 12.8 Å². The zero-order chi connectivity index (χ0) is 21.7. The van der Waals surface area contributed by atoms with Crippen LogP contribution in [0.5, 0.6) is 0 Å². The average molecular weight is 411 g/mol. The van der Waals surface area contributed by atoms with Gasteiger partial charge in [-0.25, -0.2) is 9.97 Å². The van der Waals surface area contributed by atoms with Crippen LogP contribution in [0.2, 0.25) is 0 Å². The Kier molecular flexibility index (Phi) is 7.32.